The van der Waals surface area contributed by atoms with Crippen LogP contribution in [0.4, 0.5) is 9.18 Å². The Morgan fingerprint density at radius 1 is 1.11 bits per heavy atom. The van der Waals surface area contributed by atoms with Gasteiger partial charge in [0.05, 0.1) is 5.60 Å². The van der Waals surface area contributed by atoms with Crippen LogP contribution in [0.25, 0.3) is 0 Å². The third kappa shape index (κ3) is 6.98. The topological polar surface area (TPSA) is 68.2 Å². The predicted octanol–water partition coefficient (Wildman–Crippen LogP) is 6.58. The lowest BCUT2D eigenvalue weighted by atomic mass is 9.74. The van der Waals surface area contributed by atoms with Crippen LogP contribution in [0.15, 0.2) is 42.5 Å². The molecule has 7 heteroatoms. The molecule has 0 radical (unpaired) electrons. The van der Waals surface area contributed by atoms with E-state index in [2.05, 4.69) is 0 Å². The van der Waals surface area contributed by atoms with Gasteiger partial charge in [-0.25, -0.2) is 9.18 Å². The number of aryl methyl sites for hydroxylation is 1. The normalized spacial score (nSPS) is 18.0. The molecule has 2 unspecified atom stereocenters. The van der Waals surface area contributed by atoms with Crippen molar-refractivity contribution in [2.45, 2.75) is 71.0 Å². The number of aliphatic hydroxyl groups is 1. The summed E-state index contributed by atoms with van der Waals surface area (Å²) in [4.78, 5) is 14.4. The highest BCUT2D eigenvalue weighted by Gasteiger charge is 2.43. The molecule has 1 aliphatic heterocycles. The number of benzene rings is 2. The first kappa shape index (κ1) is 27.9. The van der Waals surface area contributed by atoms with Crippen molar-refractivity contribution in [1.82, 2.24) is 4.90 Å². The van der Waals surface area contributed by atoms with Gasteiger partial charge in [-0.15, -0.1) is 0 Å². The van der Waals surface area contributed by atoms with E-state index in [0.717, 1.165) is 12.0 Å². The summed E-state index contributed by atoms with van der Waals surface area (Å²) in [6, 6.07) is 12.3. The molecule has 1 saturated heterocycles. The third-order valence-electron chi connectivity index (χ3n) is 6.65. The van der Waals surface area contributed by atoms with E-state index in [0.29, 0.717) is 44.6 Å². The van der Waals surface area contributed by atoms with Crippen LogP contribution in [-0.2, 0) is 15.1 Å². The number of carbonyl (C=O) groups excluding carboxylic acids is 1. The van der Waals surface area contributed by atoms with Crippen molar-refractivity contribution in [3.8, 4) is 11.5 Å². The maximum absolute atomic E-state index is 16.0. The molecule has 1 N–H and O–H groups in total. The zero-order chi connectivity index (χ0) is 26.3. The van der Waals surface area contributed by atoms with Crippen molar-refractivity contribution in [3.05, 3.63) is 59.4 Å². The fourth-order valence-corrected chi connectivity index (χ4v) is 4.77. The number of hydrogen-bond acceptors (Lipinski definition) is 5. The van der Waals surface area contributed by atoms with E-state index in [1.807, 2.05) is 45.9 Å². The van der Waals surface area contributed by atoms with Crippen molar-refractivity contribution in [1.29, 1.82) is 0 Å². The highest BCUT2D eigenvalue weighted by molar-refractivity contribution is 5.68. The molecule has 0 aromatic heterocycles. The monoisotopic (exact) mass is 501 g/mol. The minimum atomic E-state index is -1.48. The summed E-state index contributed by atoms with van der Waals surface area (Å²) < 4.78 is 32.7. The Morgan fingerprint density at radius 2 is 1.83 bits per heavy atom. The van der Waals surface area contributed by atoms with Gasteiger partial charge in [0.15, 0.2) is 11.6 Å². The Hall–Kier alpha value is -2.64. The number of nitrogens with zero attached hydrogens (tertiary/aromatic N) is 1. The number of para-hydroxylation sites is 1. The number of hydrogen-bond donors (Lipinski definition) is 1. The average Bonchev–Trinajstić information content (AvgIpc) is 2.83. The summed E-state index contributed by atoms with van der Waals surface area (Å²) in [5.74, 6) is -0.309. The first-order chi connectivity index (χ1) is 17.0. The number of halogens is 1. The van der Waals surface area contributed by atoms with E-state index in [9.17, 15) is 9.90 Å². The van der Waals surface area contributed by atoms with Crippen molar-refractivity contribution < 1.29 is 28.5 Å². The van der Waals surface area contributed by atoms with Crippen LogP contribution in [0, 0.1) is 18.7 Å². The number of amides is 1. The Balaban J connectivity index is 1.92. The van der Waals surface area contributed by atoms with E-state index in [1.165, 1.54) is 0 Å². The number of rotatable bonds is 9. The zero-order valence-corrected chi connectivity index (χ0v) is 22.2. The van der Waals surface area contributed by atoms with Gasteiger partial charge < -0.3 is 24.2 Å². The quantitative estimate of drug-likeness (QED) is 0.393. The molecule has 2 atom stereocenters. The minimum Gasteiger partial charge on any atom is -0.454 e. The lowest BCUT2D eigenvalue weighted by molar-refractivity contribution is -0.0664. The number of methoxy groups -OCH3 is 1. The van der Waals surface area contributed by atoms with E-state index >= 15 is 4.39 Å². The van der Waals surface area contributed by atoms with Crippen molar-refractivity contribution in [2.24, 2.45) is 5.92 Å². The van der Waals surface area contributed by atoms with Crippen LogP contribution in [-0.4, -0.2) is 48.5 Å². The number of unbranched alkanes of at least 4 members (excludes halogenated alkanes) is 1. The van der Waals surface area contributed by atoms with Crippen molar-refractivity contribution >= 4 is 6.09 Å². The van der Waals surface area contributed by atoms with E-state index in [1.54, 1.807) is 36.3 Å². The van der Waals surface area contributed by atoms with Gasteiger partial charge in [-0.3, -0.25) is 0 Å². The first-order valence-corrected chi connectivity index (χ1v) is 12.8. The van der Waals surface area contributed by atoms with Crippen LogP contribution < -0.4 is 4.74 Å². The van der Waals surface area contributed by atoms with E-state index in [4.69, 9.17) is 14.2 Å². The summed E-state index contributed by atoms with van der Waals surface area (Å²) in [6.45, 7) is 8.78. The zero-order valence-electron chi connectivity index (χ0n) is 22.2. The van der Waals surface area contributed by atoms with Crippen LogP contribution in [0.3, 0.4) is 0 Å². The second kappa shape index (κ2) is 12.1. The van der Waals surface area contributed by atoms with Crippen molar-refractivity contribution in [3.63, 3.8) is 0 Å². The molecule has 2 aromatic rings. The number of piperidine rings is 1. The molecule has 1 amide bonds. The van der Waals surface area contributed by atoms with Gasteiger partial charge in [0.2, 0.25) is 0 Å². The van der Waals surface area contributed by atoms with Crippen LogP contribution >= 0.6 is 0 Å². The summed E-state index contributed by atoms with van der Waals surface area (Å²) in [6.07, 6.45) is 2.69. The maximum atomic E-state index is 16.0. The summed E-state index contributed by atoms with van der Waals surface area (Å²) in [5, 5.41) is 12.1. The molecule has 0 bridgehead atoms. The molecule has 0 spiro atoms. The predicted molar refractivity (Wildman–Crippen MR) is 138 cm³/mol. The Bertz CT molecular complexity index is 1020. The highest BCUT2D eigenvalue weighted by atomic mass is 19.1. The Labute approximate surface area is 214 Å². The molecular weight excluding hydrogens is 461 g/mol. The Kier molecular flexibility index (Phi) is 9.36. The number of likely N-dealkylation sites (tertiary alicyclic amines) is 1. The van der Waals surface area contributed by atoms with Gasteiger partial charge in [-0.05, 0) is 77.5 Å². The number of ether oxygens (including phenoxy) is 3. The van der Waals surface area contributed by atoms with Gasteiger partial charge in [-0.1, -0.05) is 30.3 Å². The minimum absolute atomic E-state index is 0.0666. The number of carbonyl (C=O) groups is 1. The highest BCUT2D eigenvalue weighted by Crippen LogP contribution is 2.43. The fraction of sp³-hybridized carbons (Fsp3) is 0.552. The molecule has 1 aliphatic rings. The first-order valence-electron chi connectivity index (χ1n) is 12.8. The van der Waals surface area contributed by atoms with E-state index < -0.39 is 23.1 Å². The molecule has 2 aromatic carbocycles. The van der Waals surface area contributed by atoms with Gasteiger partial charge >= 0.3 is 6.09 Å². The molecule has 198 valence electrons. The van der Waals surface area contributed by atoms with Gasteiger partial charge in [0.1, 0.15) is 11.4 Å². The molecule has 3 rings (SSSR count). The average molecular weight is 502 g/mol. The standard InChI is InChI=1S/C29H40FNO5/c1-21-12-6-7-15-24(21)35-25-16-10-14-23(26(25)30)29(33,17-8-9-19-34-5)22-13-11-18-31(20-22)27(32)36-28(2,3)4/h6-7,10,12,14-16,22,33H,8-9,11,13,17-20H2,1-5H3. The van der Waals surface area contributed by atoms with Gasteiger partial charge in [0.25, 0.3) is 0 Å². The summed E-state index contributed by atoms with van der Waals surface area (Å²) in [7, 11) is 1.64. The second-order valence-corrected chi connectivity index (χ2v) is 10.6. The van der Waals surface area contributed by atoms with Gasteiger partial charge in [-0.2, -0.15) is 0 Å². The van der Waals surface area contributed by atoms with Crippen LogP contribution in [0.2, 0.25) is 0 Å². The SMILES string of the molecule is COCCCCC(O)(c1cccc(Oc2ccccc2C)c1F)C1CCCN(C(=O)OC(C)(C)C)C1. The largest absolute Gasteiger partial charge is 0.454 e. The van der Waals surface area contributed by atoms with Crippen LogP contribution in [0.5, 0.6) is 11.5 Å². The van der Waals surface area contributed by atoms with Crippen LogP contribution in [0.1, 0.15) is 64.0 Å². The molecule has 0 saturated carbocycles. The Morgan fingerprint density at radius 3 is 2.53 bits per heavy atom. The molecule has 6 nitrogen and oxygen atoms in total. The smallest absolute Gasteiger partial charge is 0.410 e. The lowest BCUT2D eigenvalue weighted by Crippen LogP contribution is -2.49. The maximum Gasteiger partial charge on any atom is 0.410 e. The third-order valence-corrected chi connectivity index (χ3v) is 6.65. The lowest BCUT2D eigenvalue weighted by Gasteiger charge is -2.43. The fourth-order valence-electron chi connectivity index (χ4n) is 4.77. The summed E-state index contributed by atoms with van der Waals surface area (Å²) >= 11 is 0. The summed E-state index contributed by atoms with van der Waals surface area (Å²) in [5.41, 5.74) is -1.02. The molecule has 1 fully saturated rings. The van der Waals surface area contributed by atoms with E-state index in [-0.39, 0.29) is 23.8 Å². The van der Waals surface area contributed by atoms with Gasteiger partial charge in [0, 0.05) is 38.3 Å². The molecule has 1 heterocycles. The van der Waals surface area contributed by atoms with Crippen molar-refractivity contribution in [2.75, 3.05) is 26.8 Å². The second-order valence-electron chi connectivity index (χ2n) is 10.6. The molecular formula is C29H40FNO5. The molecule has 36 heavy (non-hydrogen) atoms. The molecule has 0 aliphatic carbocycles.